The largest absolute Gasteiger partial charge is 0.494 e. The van der Waals surface area contributed by atoms with Crippen LogP contribution in [0.4, 0.5) is 0 Å². The third-order valence-corrected chi connectivity index (χ3v) is 6.43. The molecule has 37 heavy (non-hydrogen) atoms. The molecule has 0 atom stereocenters. The van der Waals surface area contributed by atoms with Gasteiger partial charge in [-0.15, -0.1) is 0 Å². The van der Waals surface area contributed by atoms with E-state index in [-0.39, 0.29) is 29.2 Å². The first kappa shape index (κ1) is 24.4. The highest BCUT2D eigenvalue weighted by Gasteiger charge is 2.20. The quantitative estimate of drug-likeness (QED) is 0.341. The molecule has 0 aliphatic heterocycles. The lowest BCUT2D eigenvalue weighted by Gasteiger charge is -2.14. The number of rotatable bonds is 5. The molecule has 0 bridgehead atoms. The number of H-pyrrole nitrogens is 1. The number of aromatic nitrogens is 2. The Hall–Kier alpha value is -4.33. The van der Waals surface area contributed by atoms with Gasteiger partial charge in [-0.25, -0.2) is 9.36 Å². The predicted molar refractivity (Wildman–Crippen MR) is 143 cm³/mol. The molecule has 0 spiro atoms. The Morgan fingerprint density at radius 2 is 1.70 bits per heavy atom. The highest BCUT2D eigenvalue weighted by Crippen LogP contribution is 2.30. The molecule has 7 nitrogen and oxygen atoms in total. The molecule has 0 amide bonds. The number of carbonyl (C=O) groups excluding carboxylic acids is 1. The number of ether oxygens (including phenoxy) is 1. The maximum absolute atomic E-state index is 12.6. The van der Waals surface area contributed by atoms with E-state index in [4.69, 9.17) is 27.9 Å². The van der Waals surface area contributed by atoms with Gasteiger partial charge in [0.25, 0.3) is 5.56 Å². The maximum Gasteiger partial charge on any atom is 0.335 e. The van der Waals surface area contributed by atoms with Crippen LogP contribution in [0.3, 0.4) is 0 Å². The number of nitrogens with zero attached hydrogens (tertiary/aromatic N) is 1. The van der Waals surface area contributed by atoms with E-state index in [9.17, 15) is 19.5 Å². The van der Waals surface area contributed by atoms with Crippen molar-refractivity contribution in [2.45, 2.75) is 6.61 Å². The van der Waals surface area contributed by atoms with Crippen LogP contribution in [0.5, 0.6) is 11.6 Å². The lowest BCUT2D eigenvalue weighted by atomic mass is 9.90. The van der Waals surface area contributed by atoms with E-state index >= 15 is 0 Å². The second-order valence-electron chi connectivity index (χ2n) is 8.19. The fourth-order valence-corrected chi connectivity index (χ4v) is 4.43. The molecule has 184 valence electrons. The molecule has 2 N–H and O–H groups in total. The minimum atomic E-state index is -0.832. The zero-order valence-electron chi connectivity index (χ0n) is 19.1. The van der Waals surface area contributed by atoms with Crippen LogP contribution < -0.4 is 16.0 Å². The van der Waals surface area contributed by atoms with Gasteiger partial charge in [-0.2, -0.15) is 0 Å². The molecular formula is C28H18Cl2N2O5. The van der Waals surface area contributed by atoms with Crippen molar-refractivity contribution in [3.8, 4) is 17.3 Å². The standard InChI is InChI=1S/C28H18Cl2N2O5/c29-18-7-5-17(24(30)13-18)15-37-20-10-8-19(9-11-20)32-27(35)23(26(34)31-28(32)36)14-22-21-4-2-1-3-16(21)6-12-25(22)33/h1-14,35H,15H2,(H,31,34,36). The van der Waals surface area contributed by atoms with Gasteiger partial charge in [-0.3, -0.25) is 14.6 Å². The van der Waals surface area contributed by atoms with Crippen LogP contribution in [0.2, 0.25) is 10.0 Å². The van der Waals surface area contributed by atoms with Crippen molar-refractivity contribution >= 4 is 46.7 Å². The lowest BCUT2D eigenvalue weighted by Crippen LogP contribution is -2.30. The summed E-state index contributed by atoms with van der Waals surface area (Å²) in [7, 11) is 0. The Morgan fingerprint density at radius 1 is 0.946 bits per heavy atom. The molecule has 5 rings (SSSR count). The van der Waals surface area contributed by atoms with Gasteiger partial charge in [-0.05, 0) is 59.7 Å². The summed E-state index contributed by atoms with van der Waals surface area (Å²) >= 11 is 12.1. The number of benzene rings is 3. The van der Waals surface area contributed by atoms with Gasteiger partial charge in [0.2, 0.25) is 5.88 Å². The van der Waals surface area contributed by atoms with Crippen LogP contribution in [-0.2, 0) is 11.4 Å². The van der Waals surface area contributed by atoms with Crippen LogP contribution in [0, 0.1) is 0 Å². The van der Waals surface area contributed by atoms with Gasteiger partial charge in [0.1, 0.15) is 17.9 Å². The Kier molecular flexibility index (Phi) is 6.56. The normalized spacial score (nSPS) is 13.6. The molecule has 1 aliphatic carbocycles. The van der Waals surface area contributed by atoms with Gasteiger partial charge in [0, 0.05) is 21.2 Å². The minimum Gasteiger partial charge on any atom is -0.494 e. The fourth-order valence-electron chi connectivity index (χ4n) is 3.97. The molecule has 3 aromatic carbocycles. The zero-order valence-corrected chi connectivity index (χ0v) is 20.6. The van der Waals surface area contributed by atoms with Crippen molar-refractivity contribution in [2.24, 2.45) is 0 Å². The van der Waals surface area contributed by atoms with Crippen molar-refractivity contribution < 1.29 is 14.6 Å². The minimum absolute atomic E-state index is 0.195. The number of allylic oxidation sites excluding steroid dienone is 2. The summed E-state index contributed by atoms with van der Waals surface area (Å²) in [5.41, 5.74) is 0.815. The summed E-state index contributed by atoms with van der Waals surface area (Å²) in [6.45, 7) is 0.195. The Morgan fingerprint density at radius 3 is 2.46 bits per heavy atom. The van der Waals surface area contributed by atoms with E-state index in [1.165, 1.54) is 12.2 Å². The third-order valence-electron chi connectivity index (χ3n) is 5.84. The topological polar surface area (TPSA) is 101 Å². The Balaban J connectivity index is 1.48. The number of hydrogen-bond acceptors (Lipinski definition) is 5. The molecule has 4 aromatic rings. The second kappa shape index (κ2) is 9.97. The first-order valence-electron chi connectivity index (χ1n) is 11.1. The van der Waals surface area contributed by atoms with E-state index in [2.05, 4.69) is 4.98 Å². The predicted octanol–water partition coefficient (Wildman–Crippen LogP) is 5.25. The number of nitrogens with one attached hydrogen (secondary N) is 1. The molecule has 1 aromatic heterocycles. The SMILES string of the molecule is O=C1C=Cc2ccccc2C1=Cc1c(O)n(-c2ccc(OCc3ccc(Cl)cc3Cl)cc2)c(=O)[nH]c1=O. The summed E-state index contributed by atoms with van der Waals surface area (Å²) in [6, 6.07) is 18.6. The first-order chi connectivity index (χ1) is 17.8. The summed E-state index contributed by atoms with van der Waals surface area (Å²) in [6.07, 6.45) is 4.37. The van der Waals surface area contributed by atoms with Crippen molar-refractivity contribution in [3.63, 3.8) is 0 Å². The molecule has 0 unspecified atom stereocenters. The third kappa shape index (κ3) is 4.87. The highest BCUT2D eigenvalue weighted by molar-refractivity contribution is 6.35. The van der Waals surface area contributed by atoms with Crippen molar-refractivity contribution in [3.05, 3.63) is 126 Å². The van der Waals surface area contributed by atoms with Crippen LogP contribution in [0.15, 0.2) is 82.4 Å². The van der Waals surface area contributed by atoms with Crippen LogP contribution >= 0.6 is 23.2 Å². The number of hydrogen-bond donors (Lipinski definition) is 2. The average Bonchev–Trinajstić information content (AvgIpc) is 2.88. The van der Waals surface area contributed by atoms with Crippen molar-refractivity contribution in [1.29, 1.82) is 0 Å². The molecule has 9 heteroatoms. The highest BCUT2D eigenvalue weighted by atomic mass is 35.5. The second-order valence-corrected chi connectivity index (χ2v) is 9.04. The van der Waals surface area contributed by atoms with Crippen LogP contribution in [0.1, 0.15) is 22.3 Å². The smallest absolute Gasteiger partial charge is 0.335 e. The van der Waals surface area contributed by atoms with Gasteiger partial charge < -0.3 is 9.84 Å². The Labute approximate surface area is 220 Å². The van der Waals surface area contributed by atoms with Crippen LogP contribution in [-0.4, -0.2) is 20.4 Å². The van der Waals surface area contributed by atoms with E-state index < -0.39 is 17.1 Å². The summed E-state index contributed by atoms with van der Waals surface area (Å²) in [5, 5.41) is 12.0. The molecular weight excluding hydrogens is 515 g/mol. The maximum atomic E-state index is 12.6. The van der Waals surface area contributed by atoms with Gasteiger partial charge >= 0.3 is 5.69 Å². The van der Waals surface area contributed by atoms with E-state index in [1.54, 1.807) is 60.7 Å². The van der Waals surface area contributed by atoms with E-state index in [1.807, 2.05) is 12.1 Å². The first-order valence-corrected chi connectivity index (χ1v) is 11.9. The number of aromatic hydroxyl groups is 1. The summed E-state index contributed by atoms with van der Waals surface area (Å²) in [4.78, 5) is 40.0. The molecule has 0 fully saturated rings. The van der Waals surface area contributed by atoms with Crippen LogP contribution in [0.25, 0.3) is 23.4 Å². The Bertz CT molecular complexity index is 1720. The van der Waals surface area contributed by atoms with Gasteiger partial charge in [-0.1, -0.05) is 59.6 Å². The molecule has 0 saturated heterocycles. The van der Waals surface area contributed by atoms with Crippen molar-refractivity contribution in [2.75, 3.05) is 0 Å². The molecule has 1 aliphatic rings. The van der Waals surface area contributed by atoms with E-state index in [0.29, 0.717) is 21.4 Å². The number of ketones is 1. The molecule has 0 radical (unpaired) electrons. The van der Waals surface area contributed by atoms with E-state index in [0.717, 1.165) is 15.7 Å². The number of halogens is 2. The number of aromatic amines is 1. The summed E-state index contributed by atoms with van der Waals surface area (Å²) in [5.74, 6) is -0.425. The molecule has 0 saturated carbocycles. The monoisotopic (exact) mass is 532 g/mol. The number of carbonyl (C=O) groups is 1. The average molecular weight is 533 g/mol. The lowest BCUT2D eigenvalue weighted by molar-refractivity contribution is -0.109. The fraction of sp³-hybridized carbons (Fsp3) is 0.0357. The molecule has 1 heterocycles. The number of fused-ring (bicyclic) bond motifs is 1. The summed E-state index contributed by atoms with van der Waals surface area (Å²) < 4.78 is 6.71. The van der Waals surface area contributed by atoms with Crippen molar-refractivity contribution in [1.82, 2.24) is 9.55 Å². The van der Waals surface area contributed by atoms with Gasteiger partial charge in [0.15, 0.2) is 5.78 Å². The van der Waals surface area contributed by atoms with Gasteiger partial charge in [0.05, 0.1) is 5.69 Å². The zero-order chi connectivity index (χ0) is 26.1.